The molecule has 1 aliphatic rings. The number of fused-ring (bicyclic) bond motifs is 1. The van der Waals surface area contributed by atoms with Crippen molar-refractivity contribution in [3.05, 3.63) is 24.0 Å². The van der Waals surface area contributed by atoms with Crippen LogP contribution in [0.15, 0.2) is 23.1 Å². The van der Waals surface area contributed by atoms with Crippen molar-refractivity contribution in [2.45, 2.75) is 43.1 Å². The van der Waals surface area contributed by atoms with Gasteiger partial charge in [0.2, 0.25) is 0 Å². The lowest BCUT2D eigenvalue weighted by molar-refractivity contribution is 0.0112. The second-order valence-corrected chi connectivity index (χ2v) is 7.62. The fourth-order valence-electron chi connectivity index (χ4n) is 2.81. The molecule has 5 nitrogen and oxygen atoms in total. The van der Waals surface area contributed by atoms with Crippen molar-refractivity contribution in [1.29, 1.82) is 0 Å². The first-order valence-corrected chi connectivity index (χ1v) is 9.22. The average Bonchev–Trinajstić information content (AvgIpc) is 2.87. The third-order valence-electron chi connectivity index (χ3n) is 3.90. The molecule has 1 atom stereocenters. The molecule has 6 heteroatoms. The van der Waals surface area contributed by atoms with Crippen molar-refractivity contribution < 1.29 is 13.2 Å². The molecule has 1 aromatic heterocycles. The van der Waals surface area contributed by atoms with E-state index in [2.05, 4.69) is 9.97 Å². The molecule has 2 heterocycles. The number of hydrogen-bond acceptors (Lipinski definition) is 4. The van der Waals surface area contributed by atoms with Crippen molar-refractivity contribution in [2.75, 3.05) is 12.9 Å². The zero-order valence-electron chi connectivity index (χ0n) is 12.1. The van der Waals surface area contributed by atoms with Gasteiger partial charge >= 0.3 is 0 Å². The predicted molar refractivity (Wildman–Crippen MR) is 81.1 cm³/mol. The Bertz CT molecular complexity index is 730. The molecule has 0 amide bonds. The van der Waals surface area contributed by atoms with Crippen LogP contribution in [0.2, 0.25) is 0 Å². The number of nitrogens with one attached hydrogen (secondary N) is 1. The zero-order valence-corrected chi connectivity index (χ0v) is 12.9. The molecular formula is C15H20N2O3S. The third kappa shape index (κ3) is 3.27. The summed E-state index contributed by atoms with van der Waals surface area (Å²) in [5.74, 6) is 0.829. The molecule has 0 radical (unpaired) electrons. The first-order chi connectivity index (χ1) is 10.0. The minimum atomic E-state index is -3.26. The van der Waals surface area contributed by atoms with Crippen molar-refractivity contribution in [3.63, 3.8) is 0 Å². The molecule has 1 aliphatic heterocycles. The molecule has 1 N–H and O–H groups in total. The van der Waals surface area contributed by atoms with Crippen LogP contribution < -0.4 is 0 Å². The second kappa shape index (κ2) is 5.77. The summed E-state index contributed by atoms with van der Waals surface area (Å²) in [6.45, 7) is 0.850. The molecule has 2 aromatic rings. The number of benzene rings is 1. The van der Waals surface area contributed by atoms with Crippen LogP contribution in [-0.4, -0.2) is 37.4 Å². The van der Waals surface area contributed by atoms with Crippen molar-refractivity contribution in [1.82, 2.24) is 9.97 Å². The van der Waals surface area contributed by atoms with E-state index in [9.17, 15) is 8.42 Å². The summed E-state index contributed by atoms with van der Waals surface area (Å²) < 4.78 is 29.3. The normalized spacial score (nSPS) is 20.0. The van der Waals surface area contributed by atoms with E-state index < -0.39 is 9.84 Å². The van der Waals surface area contributed by atoms with E-state index >= 15 is 0 Å². The topological polar surface area (TPSA) is 72.0 Å². The smallest absolute Gasteiger partial charge is 0.177 e. The number of para-hydroxylation sites is 1. The SMILES string of the molecule is CS(=O)(=O)c1cccc2[nH]c(CCC3CCCCO3)nc12. The number of aromatic nitrogens is 2. The van der Waals surface area contributed by atoms with Gasteiger partial charge in [0.05, 0.1) is 16.5 Å². The molecule has 0 saturated carbocycles. The molecule has 1 saturated heterocycles. The van der Waals surface area contributed by atoms with E-state index in [1.807, 2.05) is 6.07 Å². The standard InChI is InChI=1S/C15H20N2O3S/c1-21(18,19)13-7-4-6-12-15(13)17-14(16-12)9-8-11-5-2-3-10-20-11/h4,6-7,11H,2-3,5,8-10H2,1H3,(H,16,17). The summed E-state index contributed by atoms with van der Waals surface area (Å²) in [6, 6.07) is 5.20. The number of aromatic amines is 1. The van der Waals surface area contributed by atoms with E-state index in [4.69, 9.17) is 4.74 Å². The highest BCUT2D eigenvalue weighted by molar-refractivity contribution is 7.91. The summed E-state index contributed by atoms with van der Waals surface area (Å²) in [5.41, 5.74) is 1.32. The van der Waals surface area contributed by atoms with Crippen molar-refractivity contribution in [3.8, 4) is 0 Å². The number of nitrogens with zero attached hydrogens (tertiary/aromatic N) is 1. The van der Waals surface area contributed by atoms with Crippen molar-refractivity contribution in [2.24, 2.45) is 0 Å². The minimum Gasteiger partial charge on any atom is -0.378 e. The van der Waals surface area contributed by atoms with Gasteiger partial charge in [0, 0.05) is 19.3 Å². The summed E-state index contributed by atoms with van der Waals surface area (Å²) in [6.07, 6.45) is 6.71. The van der Waals surface area contributed by atoms with Crippen LogP contribution in [-0.2, 0) is 21.0 Å². The van der Waals surface area contributed by atoms with Gasteiger partial charge in [0.1, 0.15) is 11.3 Å². The van der Waals surface area contributed by atoms with Gasteiger partial charge in [-0.15, -0.1) is 0 Å². The first-order valence-electron chi connectivity index (χ1n) is 7.33. The predicted octanol–water partition coefficient (Wildman–Crippen LogP) is 2.47. The van der Waals surface area contributed by atoms with Crippen molar-refractivity contribution >= 4 is 20.9 Å². The van der Waals surface area contributed by atoms with Gasteiger partial charge in [-0.1, -0.05) is 6.07 Å². The fourth-order valence-corrected chi connectivity index (χ4v) is 3.64. The average molecular weight is 308 g/mol. The highest BCUT2D eigenvalue weighted by Crippen LogP contribution is 2.22. The maximum absolute atomic E-state index is 11.8. The summed E-state index contributed by atoms with van der Waals surface area (Å²) >= 11 is 0. The summed E-state index contributed by atoms with van der Waals surface area (Å²) in [7, 11) is -3.26. The molecule has 0 aliphatic carbocycles. The maximum Gasteiger partial charge on any atom is 0.177 e. The Morgan fingerprint density at radius 2 is 2.24 bits per heavy atom. The largest absolute Gasteiger partial charge is 0.378 e. The van der Waals surface area contributed by atoms with Gasteiger partial charge in [-0.3, -0.25) is 0 Å². The van der Waals surface area contributed by atoms with Gasteiger partial charge < -0.3 is 9.72 Å². The minimum absolute atomic E-state index is 0.288. The monoisotopic (exact) mass is 308 g/mol. The van der Waals surface area contributed by atoms with Crippen LogP contribution >= 0.6 is 0 Å². The molecule has 1 fully saturated rings. The highest BCUT2D eigenvalue weighted by Gasteiger charge is 2.17. The van der Waals surface area contributed by atoms with Crippen LogP contribution in [0.1, 0.15) is 31.5 Å². The molecule has 0 bridgehead atoms. The Kier molecular flexibility index (Phi) is 3.99. The molecule has 1 aromatic carbocycles. The zero-order chi connectivity index (χ0) is 14.9. The van der Waals surface area contributed by atoms with E-state index in [1.165, 1.54) is 12.7 Å². The van der Waals surface area contributed by atoms with Crippen LogP contribution in [0, 0.1) is 0 Å². The Hall–Kier alpha value is -1.40. The molecule has 114 valence electrons. The Labute approximate surface area is 124 Å². The molecule has 3 rings (SSSR count). The van der Waals surface area contributed by atoms with Crippen LogP contribution in [0.5, 0.6) is 0 Å². The molecule has 0 spiro atoms. The summed E-state index contributed by atoms with van der Waals surface area (Å²) in [4.78, 5) is 7.98. The number of aryl methyl sites for hydroxylation is 1. The second-order valence-electron chi connectivity index (χ2n) is 5.64. The van der Waals surface area contributed by atoms with Crippen LogP contribution in [0.3, 0.4) is 0 Å². The lowest BCUT2D eigenvalue weighted by atomic mass is 10.0. The van der Waals surface area contributed by atoms with Gasteiger partial charge in [-0.25, -0.2) is 13.4 Å². The maximum atomic E-state index is 11.8. The van der Waals surface area contributed by atoms with Gasteiger partial charge in [0.15, 0.2) is 9.84 Å². The number of rotatable bonds is 4. The first kappa shape index (κ1) is 14.5. The number of imidazole rings is 1. The Morgan fingerprint density at radius 3 is 2.95 bits per heavy atom. The number of ether oxygens (including phenoxy) is 1. The Balaban J connectivity index is 1.81. The third-order valence-corrected chi connectivity index (χ3v) is 5.03. The Morgan fingerprint density at radius 1 is 1.38 bits per heavy atom. The lowest BCUT2D eigenvalue weighted by Gasteiger charge is -2.21. The number of H-pyrrole nitrogens is 1. The fraction of sp³-hybridized carbons (Fsp3) is 0.533. The van der Waals surface area contributed by atoms with E-state index in [0.29, 0.717) is 11.6 Å². The van der Waals surface area contributed by atoms with E-state index in [1.54, 1.807) is 12.1 Å². The van der Waals surface area contributed by atoms with E-state index in [-0.39, 0.29) is 4.90 Å². The number of sulfone groups is 1. The number of hydrogen-bond donors (Lipinski definition) is 1. The van der Waals surface area contributed by atoms with Gasteiger partial charge in [-0.05, 0) is 37.8 Å². The van der Waals surface area contributed by atoms with E-state index in [0.717, 1.165) is 43.6 Å². The highest BCUT2D eigenvalue weighted by atomic mass is 32.2. The van der Waals surface area contributed by atoms with Gasteiger partial charge in [-0.2, -0.15) is 0 Å². The molecule has 1 unspecified atom stereocenters. The van der Waals surface area contributed by atoms with Crippen LogP contribution in [0.25, 0.3) is 11.0 Å². The molecule has 21 heavy (non-hydrogen) atoms. The molecular weight excluding hydrogens is 288 g/mol. The lowest BCUT2D eigenvalue weighted by Crippen LogP contribution is -2.19. The van der Waals surface area contributed by atoms with Gasteiger partial charge in [0.25, 0.3) is 0 Å². The quantitative estimate of drug-likeness (QED) is 0.942. The summed E-state index contributed by atoms with van der Waals surface area (Å²) in [5, 5.41) is 0. The van der Waals surface area contributed by atoms with Crippen LogP contribution in [0.4, 0.5) is 0 Å².